The highest BCUT2D eigenvalue weighted by Gasteiger charge is 2.18. The molecule has 0 bridgehead atoms. The van der Waals surface area contributed by atoms with Gasteiger partial charge in [0.2, 0.25) is 0 Å². The molecule has 1 aromatic carbocycles. The molecule has 0 saturated carbocycles. The standard InChI is InChI=1S/C12H15N3O3S/c1-9-13-12(8-15(9)2)19(16,17)14-10-4-6-11(18-3)7-5-10/h4-8,14H,1-3H3. The number of hydrogen-bond donors (Lipinski definition) is 1. The lowest BCUT2D eigenvalue weighted by Crippen LogP contribution is -2.13. The molecule has 0 fully saturated rings. The van der Waals surface area contributed by atoms with Crippen molar-refractivity contribution in [3.63, 3.8) is 0 Å². The van der Waals surface area contributed by atoms with Crippen LogP contribution in [0.3, 0.4) is 0 Å². The quantitative estimate of drug-likeness (QED) is 0.922. The first-order valence-corrected chi connectivity index (χ1v) is 7.07. The van der Waals surface area contributed by atoms with Crippen LogP contribution in [0.2, 0.25) is 0 Å². The number of nitrogens with one attached hydrogen (secondary N) is 1. The zero-order valence-corrected chi connectivity index (χ0v) is 11.7. The Bertz CT molecular complexity index is 655. The summed E-state index contributed by atoms with van der Waals surface area (Å²) in [5.41, 5.74) is 0.462. The number of anilines is 1. The van der Waals surface area contributed by atoms with Crippen LogP contribution in [0.15, 0.2) is 35.5 Å². The Labute approximate surface area is 112 Å². The van der Waals surface area contributed by atoms with E-state index in [4.69, 9.17) is 4.74 Å². The van der Waals surface area contributed by atoms with Gasteiger partial charge in [0.15, 0.2) is 5.03 Å². The van der Waals surface area contributed by atoms with Gasteiger partial charge in [-0.15, -0.1) is 0 Å². The molecule has 0 aliphatic rings. The molecule has 2 rings (SSSR count). The number of benzene rings is 1. The SMILES string of the molecule is COc1ccc(NS(=O)(=O)c2cn(C)c(C)n2)cc1. The van der Waals surface area contributed by atoms with Crippen LogP contribution in [0.25, 0.3) is 0 Å². The normalized spacial score (nSPS) is 11.3. The average Bonchev–Trinajstić information content (AvgIpc) is 2.71. The van der Waals surface area contributed by atoms with Crippen LogP contribution in [0, 0.1) is 6.92 Å². The second-order valence-electron chi connectivity index (χ2n) is 4.07. The first-order chi connectivity index (χ1) is 8.92. The lowest BCUT2D eigenvalue weighted by Gasteiger charge is -2.06. The van der Waals surface area contributed by atoms with E-state index < -0.39 is 10.0 Å². The monoisotopic (exact) mass is 281 g/mol. The van der Waals surface area contributed by atoms with E-state index in [1.54, 1.807) is 49.9 Å². The van der Waals surface area contributed by atoms with Gasteiger partial charge in [-0.1, -0.05) is 0 Å². The van der Waals surface area contributed by atoms with Crippen molar-refractivity contribution in [1.82, 2.24) is 9.55 Å². The fraction of sp³-hybridized carbons (Fsp3) is 0.250. The van der Waals surface area contributed by atoms with Crippen LogP contribution < -0.4 is 9.46 Å². The number of imidazole rings is 1. The molecule has 2 aromatic rings. The predicted octanol–water partition coefficient (Wildman–Crippen LogP) is 1.54. The van der Waals surface area contributed by atoms with Crippen molar-refractivity contribution >= 4 is 15.7 Å². The first kappa shape index (κ1) is 13.4. The van der Waals surface area contributed by atoms with Crippen LogP contribution >= 0.6 is 0 Å². The van der Waals surface area contributed by atoms with Crippen molar-refractivity contribution < 1.29 is 13.2 Å². The lowest BCUT2D eigenvalue weighted by atomic mass is 10.3. The Balaban J connectivity index is 2.25. The molecular weight excluding hydrogens is 266 g/mol. The molecule has 0 amide bonds. The van der Waals surface area contributed by atoms with E-state index in [1.807, 2.05) is 0 Å². The number of rotatable bonds is 4. The summed E-state index contributed by atoms with van der Waals surface area (Å²) in [6.07, 6.45) is 1.47. The first-order valence-electron chi connectivity index (χ1n) is 5.59. The Hall–Kier alpha value is -2.02. The summed E-state index contributed by atoms with van der Waals surface area (Å²) in [5, 5.41) is 0.00307. The van der Waals surface area contributed by atoms with Crippen molar-refractivity contribution in [2.24, 2.45) is 7.05 Å². The molecular formula is C12H15N3O3S. The third kappa shape index (κ3) is 2.87. The molecule has 1 N–H and O–H groups in total. The minimum atomic E-state index is -3.66. The summed E-state index contributed by atoms with van der Waals surface area (Å²) < 4.78 is 33.3. The maximum absolute atomic E-state index is 12.1. The van der Waals surface area contributed by atoms with Crippen LogP contribution in [0.5, 0.6) is 5.75 Å². The molecule has 1 aromatic heterocycles. The van der Waals surface area contributed by atoms with Gasteiger partial charge in [0.05, 0.1) is 7.11 Å². The number of ether oxygens (including phenoxy) is 1. The number of nitrogens with zero attached hydrogens (tertiary/aromatic N) is 2. The molecule has 0 atom stereocenters. The van der Waals surface area contributed by atoms with Crippen molar-refractivity contribution in [3.05, 3.63) is 36.3 Å². The van der Waals surface area contributed by atoms with Crippen molar-refractivity contribution in [2.45, 2.75) is 11.9 Å². The Morgan fingerprint density at radius 1 is 1.26 bits per heavy atom. The molecule has 102 valence electrons. The summed E-state index contributed by atoms with van der Waals surface area (Å²) in [6.45, 7) is 1.74. The third-order valence-electron chi connectivity index (χ3n) is 2.70. The molecule has 7 heteroatoms. The van der Waals surface area contributed by atoms with Crippen LogP contribution in [-0.2, 0) is 17.1 Å². The molecule has 0 saturated heterocycles. The van der Waals surface area contributed by atoms with E-state index in [-0.39, 0.29) is 5.03 Å². The highest BCUT2D eigenvalue weighted by molar-refractivity contribution is 7.92. The van der Waals surface area contributed by atoms with Gasteiger partial charge in [-0.3, -0.25) is 4.72 Å². The molecule has 6 nitrogen and oxygen atoms in total. The van der Waals surface area contributed by atoms with Gasteiger partial charge < -0.3 is 9.30 Å². The maximum atomic E-state index is 12.1. The van der Waals surface area contributed by atoms with Crippen molar-refractivity contribution in [2.75, 3.05) is 11.8 Å². The minimum absolute atomic E-state index is 0.00307. The van der Waals surface area contributed by atoms with Gasteiger partial charge in [0.1, 0.15) is 11.6 Å². The topological polar surface area (TPSA) is 73.2 Å². The van der Waals surface area contributed by atoms with Gasteiger partial charge in [-0.05, 0) is 31.2 Å². The third-order valence-corrected chi connectivity index (χ3v) is 3.96. The fourth-order valence-electron chi connectivity index (χ4n) is 1.52. The second kappa shape index (κ2) is 4.93. The van der Waals surface area contributed by atoms with E-state index in [0.717, 1.165) is 0 Å². The van der Waals surface area contributed by atoms with Crippen molar-refractivity contribution in [1.29, 1.82) is 0 Å². The van der Waals surface area contributed by atoms with E-state index in [0.29, 0.717) is 17.3 Å². The van der Waals surface area contributed by atoms with Gasteiger partial charge >= 0.3 is 0 Å². The summed E-state index contributed by atoms with van der Waals surface area (Å²) >= 11 is 0. The zero-order valence-electron chi connectivity index (χ0n) is 10.9. The van der Waals surface area contributed by atoms with Crippen molar-refractivity contribution in [3.8, 4) is 5.75 Å². The van der Waals surface area contributed by atoms with E-state index in [1.165, 1.54) is 6.20 Å². The largest absolute Gasteiger partial charge is 0.497 e. The Morgan fingerprint density at radius 2 is 1.89 bits per heavy atom. The minimum Gasteiger partial charge on any atom is -0.497 e. The average molecular weight is 281 g/mol. The molecule has 0 aliphatic carbocycles. The Morgan fingerprint density at radius 3 is 2.37 bits per heavy atom. The highest BCUT2D eigenvalue weighted by atomic mass is 32.2. The summed E-state index contributed by atoms with van der Waals surface area (Å²) in [7, 11) is -0.361. The van der Waals surface area contributed by atoms with E-state index in [9.17, 15) is 8.42 Å². The number of aryl methyl sites for hydroxylation is 2. The van der Waals surface area contributed by atoms with Gasteiger partial charge in [0.25, 0.3) is 10.0 Å². The summed E-state index contributed by atoms with van der Waals surface area (Å²) in [5.74, 6) is 1.30. The maximum Gasteiger partial charge on any atom is 0.280 e. The van der Waals surface area contributed by atoms with E-state index >= 15 is 0 Å². The van der Waals surface area contributed by atoms with Gasteiger partial charge in [-0.25, -0.2) is 4.98 Å². The predicted molar refractivity (Wildman–Crippen MR) is 71.7 cm³/mol. The van der Waals surface area contributed by atoms with Crippen LogP contribution in [0.4, 0.5) is 5.69 Å². The summed E-state index contributed by atoms with van der Waals surface area (Å²) in [6, 6.07) is 6.63. The second-order valence-corrected chi connectivity index (χ2v) is 5.70. The molecule has 1 heterocycles. The fourth-order valence-corrected chi connectivity index (χ4v) is 2.62. The van der Waals surface area contributed by atoms with Gasteiger partial charge in [0, 0.05) is 18.9 Å². The van der Waals surface area contributed by atoms with Gasteiger partial charge in [-0.2, -0.15) is 8.42 Å². The number of aromatic nitrogens is 2. The Kier molecular flexibility index (Phi) is 3.48. The lowest BCUT2D eigenvalue weighted by molar-refractivity contribution is 0.415. The molecule has 0 aliphatic heterocycles. The number of methoxy groups -OCH3 is 1. The number of hydrogen-bond acceptors (Lipinski definition) is 4. The molecule has 19 heavy (non-hydrogen) atoms. The molecule has 0 unspecified atom stereocenters. The highest BCUT2D eigenvalue weighted by Crippen LogP contribution is 2.18. The van der Waals surface area contributed by atoms with Crippen LogP contribution in [0.1, 0.15) is 5.82 Å². The van der Waals surface area contributed by atoms with Crippen LogP contribution in [-0.4, -0.2) is 25.1 Å². The smallest absolute Gasteiger partial charge is 0.280 e. The molecule has 0 spiro atoms. The molecule has 0 radical (unpaired) electrons. The summed E-state index contributed by atoms with van der Waals surface area (Å²) in [4.78, 5) is 4.00. The zero-order chi connectivity index (χ0) is 14.0. The number of sulfonamides is 1. The van der Waals surface area contributed by atoms with E-state index in [2.05, 4.69) is 9.71 Å².